The highest BCUT2D eigenvalue weighted by atomic mass is 16.5. The van der Waals surface area contributed by atoms with Gasteiger partial charge in [0, 0.05) is 18.5 Å². The largest absolute Gasteiger partial charge is 0.450 e. The van der Waals surface area contributed by atoms with E-state index in [4.69, 9.17) is 8.94 Å². The molecule has 7 heteroatoms. The van der Waals surface area contributed by atoms with E-state index in [1.165, 1.54) is 4.90 Å². The van der Waals surface area contributed by atoms with Gasteiger partial charge in [0.1, 0.15) is 11.3 Å². The zero-order valence-electron chi connectivity index (χ0n) is 15.2. The van der Waals surface area contributed by atoms with Crippen LogP contribution in [-0.4, -0.2) is 16.0 Å². The first kappa shape index (κ1) is 16.4. The van der Waals surface area contributed by atoms with E-state index in [1.54, 1.807) is 43.6 Å². The molecule has 0 N–H and O–H groups in total. The summed E-state index contributed by atoms with van der Waals surface area (Å²) in [6, 6.07) is 9.87. The van der Waals surface area contributed by atoms with Crippen LogP contribution in [0, 0.1) is 13.8 Å². The fourth-order valence-corrected chi connectivity index (χ4v) is 3.64. The van der Waals surface area contributed by atoms with Crippen LogP contribution in [0.4, 0.5) is 5.82 Å². The van der Waals surface area contributed by atoms with Crippen LogP contribution in [-0.2, 0) is 0 Å². The van der Waals surface area contributed by atoms with Crippen molar-refractivity contribution in [3.63, 3.8) is 0 Å². The molecule has 1 unspecified atom stereocenters. The molecule has 0 saturated heterocycles. The summed E-state index contributed by atoms with van der Waals surface area (Å²) in [4.78, 5) is 32.2. The fraction of sp³-hybridized carbons (Fsp3) is 0.143. The maximum atomic E-state index is 13.4. The number of aromatic nitrogens is 2. The monoisotopic (exact) mass is 373 g/mol. The van der Waals surface area contributed by atoms with Gasteiger partial charge < -0.3 is 8.94 Å². The summed E-state index contributed by atoms with van der Waals surface area (Å²) in [5.74, 6) is 0.471. The van der Waals surface area contributed by atoms with Gasteiger partial charge in [-0.25, -0.2) is 0 Å². The van der Waals surface area contributed by atoms with Gasteiger partial charge in [0.25, 0.3) is 5.91 Å². The number of pyridine rings is 1. The van der Waals surface area contributed by atoms with Gasteiger partial charge in [-0.1, -0.05) is 22.9 Å². The number of carbonyl (C=O) groups is 1. The average molecular weight is 373 g/mol. The van der Waals surface area contributed by atoms with Crippen molar-refractivity contribution in [2.24, 2.45) is 0 Å². The number of nitrogens with zero attached hydrogens (tertiary/aromatic N) is 3. The molecule has 28 heavy (non-hydrogen) atoms. The van der Waals surface area contributed by atoms with Crippen LogP contribution in [0.3, 0.4) is 0 Å². The van der Waals surface area contributed by atoms with Crippen molar-refractivity contribution in [3.05, 3.63) is 87.2 Å². The topological polar surface area (TPSA) is 89.4 Å². The second kappa shape index (κ2) is 5.88. The zero-order chi connectivity index (χ0) is 19.4. The highest BCUT2D eigenvalue weighted by Crippen LogP contribution is 2.40. The second-order valence-electron chi connectivity index (χ2n) is 6.83. The molecule has 1 aliphatic rings. The number of anilines is 1. The predicted molar refractivity (Wildman–Crippen MR) is 101 cm³/mol. The summed E-state index contributed by atoms with van der Waals surface area (Å²) in [7, 11) is 0. The molecule has 0 radical (unpaired) electrons. The number of amides is 1. The first-order chi connectivity index (χ1) is 13.5. The van der Waals surface area contributed by atoms with E-state index in [0.29, 0.717) is 28.1 Å². The molecule has 1 amide bonds. The van der Waals surface area contributed by atoms with Crippen molar-refractivity contribution >= 4 is 22.7 Å². The Bertz CT molecular complexity index is 1290. The van der Waals surface area contributed by atoms with Crippen molar-refractivity contribution in [2.75, 3.05) is 4.90 Å². The van der Waals surface area contributed by atoms with Gasteiger partial charge in [-0.2, -0.15) is 0 Å². The number of aryl methyl sites for hydroxylation is 2. The van der Waals surface area contributed by atoms with Crippen molar-refractivity contribution in [2.45, 2.75) is 19.9 Å². The zero-order valence-corrected chi connectivity index (χ0v) is 15.2. The van der Waals surface area contributed by atoms with Gasteiger partial charge in [-0.05, 0) is 37.6 Å². The quantitative estimate of drug-likeness (QED) is 0.534. The molecule has 1 atom stereocenters. The van der Waals surface area contributed by atoms with Crippen LogP contribution < -0.4 is 10.3 Å². The smallest absolute Gasteiger partial charge is 0.296 e. The van der Waals surface area contributed by atoms with Gasteiger partial charge in [0.15, 0.2) is 11.2 Å². The van der Waals surface area contributed by atoms with E-state index < -0.39 is 11.9 Å². The van der Waals surface area contributed by atoms with Crippen LogP contribution in [0.2, 0.25) is 0 Å². The summed E-state index contributed by atoms with van der Waals surface area (Å²) in [6.07, 6.45) is 3.27. The van der Waals surface area contributed by atoms with E-state index in [-0.39, 0.29) is 16.8 Å². The Morgan fingerprint density at radius 2 is 1.96 bits per heavy atom. The van der Waals surface area contributed by atoms with E-state index in [9.17, 15) is 9.59 Å². The molecule has 0 fully saturated rings. The third kappa shape index (κ3) is 2.29. The number of rotatable bonds is 2. The van der Waals surface area contributed by atoms with Crippen molar-refractivity contribution in [1.82, 2.24) is 10.1 Å². The molecule has 0 bridgehead atoms. The van der Waals surface area contributed by atoms with Gasteiger partial charge in [0.05, 0.1) is 17.0 Å². The van der Waals surface area contributed by atoms with Crippen LogP contribution >= 0.6 is 0 Å². The van der Waals surface area contributed by atoms with Crippen molar-refractivity contribution < 1.29 is 13.7 Å². The molecule has 0 saturated carbocycles. The van der Waals surface area contributed by atoms with Crippen molar-refractivity contribution in [1.29, 1.82) is 0 Å². The number of carbonyl (C=O) groups excluding carboxylic acids is 1. The third-order valence-electron chi connectivity index (χ3n) is 4.89. The van der Waals surface area contributed by atoms with Gasteiger partial charge in [-0.3, -0.25) is 19.5 Å². The highest BCUT2D eigenvalue weighted by molar-refractivity contribution is 6.10. The molecular formula is C21H15N3O4. The Balaban J connectivity index is 1.84. The minimum Gasteiger partial charge on any atom is -0.450 e. The average Bonchev–Trinajstić information content (AvgIpc) is 3.24. The molecule has 0 aliphatic carbocycles. The number of hydrogen-bond donors (Lipinski definition) is 0. The Morgan fingerprint density at radius 3 is 2.68 bits per heavy atom. The Labute approximate surface area is 159 Å². The first-order valence-corrected chi connectivity index (χ1v) is 8.79. The summed E-state index contributed by atoms with van der Waals surface area (Å²) < 4.78 is 11.1. The van der Waals surface area contributed by atoms with E-state index in [0.717, 1.165) is 5.56 Å². The van der Waals surface area contributed by atoms with Gasteiger partial charge in [-0.15, -0.1) is 0 Å². The molecule has 0 spiro atoms. The molecule has 5 rings (SSSR count). The number of benzene rings is 1. The SMILES string of the molecule is Cc1ccc2oc3c(c(=O)c2c1)C(c1cccnc1)N(c1cc(C)on1)C3=O. The van der Waals surface area contributed by atoms with Crippen molar-refractivity contribution in [3.8, 4) is 0 Å². The maximum absolute atomic E-state index is 13.4. The molecule has 1 aromatic carbocycles. The molecule has 138 valence electrons. The minimum absolute atomic E-state index is 0.0239. The standard InChI is InChI=1S/C21H15N3O4/c1-11-5-6-15-14(8-11)19(25)17-18(13-4-3-7-22-10-13)24(21(26)20(17)27-15)16-9-12(2)28-23-16/h3-10,18H,1-2H3. The fourth-order valence-electron chi connectivity index (χ4n) is 3.64. The Kier molecular flexibility index (Phi) is 3.45. The highest BCUT2D eigenvalue weighted by Gasteiger charge is 2.45. The molecule has 4 aromatic rings. The first-order valence-electron chi connectivity index (χ1n) is 8.79. The predicted octanol–water partition coefficient (Wildman–Crippen LogP) is 3.54. The minimum atomic E-state index is -0.693. The Morgan fingerprint density at radius 1 is 1.11 bits per heavy atom. The summed E-state index contributed by atoms with van der Waals surface area (Å²) in [6.45, 7) is 3.64. The van der Waals surface area contributed by atoms with Crippen LogP contribution in [0.5, 0.6) is 0 Å². The molecule has 7 nitrogen and oxygen atoms in total. The second-order valence-corrected chi connectivity index (χ2v) is 6.83. The summed E-state index contributed by atoms with van der Waals surface area (Å²) in [5.41, 5.74) is 2.06. The van der Waals surface area contributed by atoms with E-state index in [1.807, 2.05) is 19.1 Å². The van der Waals surface area contributed by atoms with Gasteiger partial charge in [0.2, 0.25) is 5.76 Å². The molecule has 3 aromatic heterocycles. The van der Waals surface area contributed by atoms with Crippen LogP contribution in [0.15, 0.2) is 62.5 Å². The van der Waals surface area contributed by atoms with Gasteiger partial charge >= 0.3 is 0 Å². The number of hydrogen-bond acceptors (Lipinski definition) is 6. The van der Waals surface area contributed by atoms with E-state index in [2.05, 4.69) is 10.1 Å². The summed E-state index contributed by atoms with van der Waals surface area (Å²) in [5, 5.41) is 4.43. The maximum Gasteiger partial charge on any atom is 0.296 e. The number of fused-ring (bicyclic) bond motifs is 2. The molecule has 1 aliphatic heterocycles. The third-order valence-corrected chi connectivity index (χ3v) is 4.89. The van der Waals surface area contributed by atoms with Crippen LogP contribution in [0.1, 0.15) is 39.0 Å². The summed E-state index contributed by atoms with van der Waals surface area (Å²) >= 11 is 0. The molecular weight excluding hydrogens is 358 g/mol. The Hall–Kier alpha value is -3.74. The lowest BCUT2D eigenvalue weighted by molar-refractivity contribution is 0.0969. The lowest BCUT2D eigenvalue weighted by atomic mass is 9.99. The lowest BCUT2D eigenvalue weighted by Gasteiger charge is -2.21. The van der Waals surface area contributed by atoms with E-state index >= 15 is 0 Å². The molecule has 4 heterocycles. The normalized spacial score (nSPS) is 16.0. The van der Waals surface area contributed by atoms with Crippen LogP contribution in [0.25, 0.3) is 11.0 Å². The lowest BCUT2D eigenvalue weighted by Crippen LogP contribution is -2.29.